The number of Topliss-reactive ketones (excluding diaryl/α,β-unsaturated/α-hetero) is 1. The predicted molar refractivity (Wildman–Crippen MR) is 61.2 cm³/mol. The van der Waals surface area contributed by atoms with Gasteiger partial charge in [0.05, 0.1) is 6.54 Å². The van der Waals surface area contributed by atoms with Crippen molar-refractivity contribution < 1.29 is 4.79 Å². The molecule has 14 heavy (non-hydrogen) atoms. The molecule has 0 unspecified atom stereocenters. The quantitative estimate of drug-likeness (QED) is 0.608. The first-order valence-electron chi connectivity index (χ1n) is 4.51. The van der Waals surface area contributed by atoms with Crippen molar-refractivity contribution in [2.45, 2.75) is 11.8 Å². The minimum Gasteiger partial charge on any atom is -0.313 e. The Morgan fingerprint density at radius 2 is 2.21 bits per heavy atom. The van der Waals surface area contributed by atoms with Crippen molar-refractivity contribution >= 4 is 17.5 Å². The van der Waals surface area contributed by atoms with Crippen LogP contribution in [0.4, 0.5) is 0 Å². The van der Waals surface area contributed by atoms with Gasteiger partial charge in [-0.1, -0.05) is 6.07 Å². The van der Waals surface area contributed by atoms with E-state index in [9.17, 15) is 4.79 Å². The van der Waals surface area contributed by atoms with Crippen LogP contribution in [-0.4, -0.2) is 25.6 Å². The summed E-state index contributed by atoms with van der Waals surface area (Å²) in [5.41, 5.74) is 2.01. The molecule has 0 aromatic heterocycles. The third kappa shape index (κ3) is 2.59. The summed E-state index contributed by atoms with van der Waals surface area (Å²) >= 11 is 1.62. The van der Waals surface area contributed by atoms with Crippen molar-refractivity contribution in [3.63, 3.8) is 0 Å². The maximum absolute atomic E-state index is 11.7. The Balaban J connectivity index is 3.01. The smallest absolute Gasteiger partial charge is 0.177 e. The molecule has 1 aromatic carbocycles. The minimum atomic E-state index is 0.150. The highest BCUT2D eigenvalue weighted by Crippen LogP contribution is 2.21. The molecule has 2 nitrogen and oxygen atoms in total. The van der Waals surface area contributed by atoms with Crippen molar-refractivity contribution in [3.05, 3.63) is 29.3 Å². The number of carbonyl (C=O) groups excluding carboxylic acids is 1. The summed E-state index contributed by atoms with van der Waals surface area (Å²) in [4.78, 5) is 12.7. The fourth-order valence-electron chi connectivity index (χ4n) is 1.28. The highest BCUT2D eigenvalue weighted by Gasteiger charge is 2.09. The number of rotatable bonds is 4. The Labute approximate surface area is 89.1 Å². The molecule has 1 rings (SSSR count). The molecule has 0 fully saturated rings. The van der Waals surface area contributed by atoms with Crippen LogP contribution in [0.25, 0.3) is 0 Å². The summed E-state index contributed by atoms with van der Waals surface area (Å²) in [5.74, 6) is 0.150. The molecule has 0 aliphatic carbocycles. The van der Waals surface area contributed by atoms with E-state index >= 15 is 0 Å². The second kappa shape index (κ2) is 5.17. The summed E-state index contributed by atoms with van der Waals surface area (Å²) in [6, 6.07) is 5.93. The highest BCUT2D eigenvalue weighted by atomic mass is 32.2. The molecule has 0 aliphatic rings. The lowest BCUT2D eigenvalue weighted by Gasteiger charge is -2.06. The maximum atomic E-state index is 11.7. The highest BCUT2D eigenvalue weighted by molar-refractivity contribution is 7.98. The number of carbonyl (C=O) groups is 1. The lowest BCUT2D eigenvalue weighted by atomic mass is 10.1. The van der Waals surface area contributed by atoms with Crippen molar-refractivity contribution in [1.82, 2.24) is 5.32 Å². The molecule has 1 aromatic rings. The lowest BCUT2D eigenvalue weighted by Crippen LogP contribution is -2.19. The fourth-order valence-corrected chi connectivity index (χ4v) is 1.99. The Bertz CT molecular complexity index is 336. The first-order chi connectivity index (χ1) is 6.69. The van der Waals surface area contributed by atoms with Gasteiger partial charge in [0.15, 0.2) is 5.78 Å². The Morgan fingerprint density at radius 3 is 2.79 bits per heavy atom. The van der Waals surface area contributed by atoms with E-state index in [1.54, 1.807) is 18.8 Å². The van der Waals surface area contributed by atoms with Crippen LogP contribution in [-0.2, 0) is 0 Å². The van der Waals surface area contributed by atoms with Gasteiger partial charge < -0.3 is 5.32 Å². The predicted octanol–water partition coefficient (Wildman–Crippen LogP) is 2.12. The van der Waals surface area contributed by atoms with E-state index in [0.29, 0.717) is 6.54 Å². The van der Waals surface area contributed by atoms with E-state index in [2.05, 4.69) is 5.32 Å². The average molecular weight is 209 g/mol. The molecule has 0 heterocycles. The largest absolute Gasteiger partial charge is 0.313 e. The van der Waals surface area contributed by atoms with E-state index < -0.39 is 0 Å². The molecule has 0 saturated carbocycles. The summed E-state index contributed by atoms with van der Waals surface area (Å²) in [6.45, 7) is 2.43. The van der Waals surface area contributed by atoms with Crippen molar-refractivity contribution in [1.29, 1.82) is 0 Å². The average Bonchev–Trinajstić information content (AvgIpc) is 2.17. The fraction of sp³-hybridized carbons (Fsp3) is 0.364. The lowest BCUT2D eigenvalue weighted by molar-refractivity contribution is 0.0991. The van der Waals surface area contributed by atoms with Gasteiger partial charge in [-0.15, -0.1) is 11.8 Å². The van der Waals surface area contributed by atoms with Crippen LogP contribution in [0, 0.1) is 6.92 Å². The Kier molecular flexibility index (Phi) is 4.17. The number of nitrogens with one attached hydrogen (secondary N) is 1. The van der Waals surface area contributed by atoms with E-state index in [4.69, 9.17) is 0 Å². The number of ketones is 1. The molecular weight excluding hydrogens is 194 g/mol. The Hall–Kier alpha value is -0.800. The van der Waals surface area contributed by atoms with Gasteiger partial charge in [-0.3, -0.25) is 4.79 Å². The summed E-state index contributed by atoms with van der Waals surface area (Å²) in [5, 5.41) is 2.87. The van der Waals surface area contributed by atoms with Crippen LogP contribution in [0.15, 0.2) is 23.1 Å². The van der Waals surface area contributed by atoms with Gasteiger partial charge in [0, 0.05) is 10.5 Å². The molecule has 0 spiro atoms. The summed E-state index contributed by atoms with van der Waals surface area (Å²) in [6.07, 6.45) is 1.99. The number of likely N-dealkylation sites (N-methyl/N-ethyl adjacent to an activating group) is 1. The molecule has 3 heteroatoms. The zero-order chi connectivity index (χ0) is 10.6. The SMILES string of the molecule is CNCC(=O)c1ccc(C)cc1SC. The minimum absolute atomic E-state index is 0.150. The molecule has 0 bridgehead atoms. The molecule has 0 saturated heterocycles. The van der Waals surface area contributed by atoms with Gasteiger partial charge in [-0.2, -0.15) is 0 Å². The van der Waals surface area contributed by atoms with E-state index in [-0.39, 0.29) is 5.78 Å². The third-order valence-electron chi connectivity index (χ3n) is 1.99. The number of hydrogen-bond acceptors (Lipinski definition) is 3. The van der Waals surface area contributed by atoms with E-state index in [0.717, 1.165) is 10.5 Å². The second-order valence-electron chi connectivity index (χ2n) is 3.16. The standard InChI is InChI=1S/C11H15NOS/c1-8-4-5-9(10(13)7-12-2)11(6-8)14-3/h4-6,12H,7H2,1-3H3. The van der Waals surface area contributed by atoms with Gasteiger partial charge in [0.1, 0.15) is 0 Å². The first-order valence-corrected chi connectivity index (χ1v) is 5.74. The van der Waals surface area contributed by atoms with Crippen molar-refractivity contribution in [2.75, 3.05) is 19.8 Å². The third-order valence-corrected chi connectivity index (χ3v) is 2.77. The molecule has 1 N–H and O–H groups in total. The van der Waals surface area contributed by atoms with Crippen LogP contribution in [0.1, 0.15) is 15.9 Å². The molecular formula is C11H15NOS. The zero-order valence-corrected chi connectivity index (χ0v) is 9.57. The van der Waals surface area contributed by atoms with Crippen molar-refractivity contribution in [3.8, 4) is 0 Å². The Morgan fingerprint density at radius 1 is 1.50 bits per heavy atom. The monoisotopic (exact) mass is 209 g/mol. The first kappa shape index (κ1) is 11.3. The zero-order valence-electron chi connectivity index (χ0n) is 8.76. The van der Waals surface area contributed by atoms with Gasteiger partial charge in [-0.25, -0.2) is 0 Å². The van der Waals surface area contributed by atoms with Gasteiger partial charge in [0.25, 0.3) is 0 Å². The van der Waals surface area contributed by atoms with Gasteiger partial charge in [0.2, 0.25) is 0 Å². The molecule has 0 atom stereocenters. The molecule has 76 valence electrons. The summed E-state index contributed by atoms with van der Waals surface area (Å²) in [7, 11) is 1.78. The van der Waals surface area contributed by atoms with Gasteiger partial charge in [-0.05, 0) is 37.9 Å². The van der Waals surface area contributed by atoms with Crippen LogP contribution < -0.4 is 5.32 Å². The van der Waals surface area contributed by atoms with Crippen LogP contribution in [0.3, 0.4) is 0 Å². The number of hydrogen-bond donors (Lipinski definition) is 1. The van der Waals surface area contributed by atoms with E-state index in [1.807, 2.05) is 31.4 Å². The number of aryl methyl sites for hydroxylation is 1. The van der Waals surface area contributed by atoms with Crippen LogP contribution in [0.5, 0.6) is 0 Å². The maximum Gasteiger partial charge on any atom is 0.177 e. The molecule has 0 aliphatic heterocycles. The second-order valence-corrected chi connectivity index (χ2v) is 4.01. The molecule has 0 amide bonds. The van der Waals surface area contributed by atoms with Gasteiger partial charge >= 0.3 is 0 Å². The summed E-state index contributed by atoms with van der Waals surface area (Å²) < 4.78 is 0. The molecule has 0 radical (unpaired) electrons. The van der Waals surface area contributed by atoms with Crippen molar-refractivity contribution in [2.24, 2.45) is 0 Å². The topological polar surface area (TPSA) is 29.1 Å². The normalized spacial score (nSPS) is 10.2. The van der Waals surface area contributed by atoms with E-state index in [1.165, 1.54) is 5.56 Å². The number of thioether (sulfide) groups is 1. The number of benzene rings is 1. The van der Waals surface area contributed by atoms with Crippen LogP contribution in [0.2, 0.25) is 0 Å². The van der Waals surface area contributed by atoms with Crippen LogP contribution >= 0.6 is 11.8 Å².